The Balaban J connectivity index is 2.02. The summed E-state index contributed by atoms with van der Waals surface area (Å²) in [5.41, 5.74) is 0.874. The van der Waals surface area contributed by atoms with E-state index in [0.29, 0.717) is 24.9 Å². The van der Waals surface area contributed by atoms with E-state index in [2.05, 4.69) is 0 Å². The minimum Gasteiger partial charge on any atom is -0.305 e. The second kappa shape index (κ2) is 5.24. The number of fused-ring (bicyclic) bond motifs is 1. The molecule has 1 heterocycles. The van der Waals surface area contributed by atoms with Gasteiger partial charge in [0.1, 0.15) is 17.5 Å². The van der Waals surface area contributed by atoms with Gasteiger partial charge >= 0.3 is 0 Å². The largest absolute Gasteiger partial charge is 0.305 e. The van der Waals surface area contributed by atoms with Crippen LogP contribution in [0, 0.1) is 17.5 Å². The quantitative estimate of drug-likeness (QED) is 0.784. The van der Waals surface area contributed by atoms with Crippen LogP contribution in [0.4, 0.5) is 18.9 Å². The number of nitrogens with zero attached hydrogens (tertiary/aromatic N) is 1. The highest BCUT2D eigenvalue weighted by atomic mass is 19.1. The number of halogens is 3. The van der Waals surface area contributed by atoms with Crippen LogP contribution in [-0.4, -0.2) is 12.5 Å². The molecule has 1 amide bonds. The molecule has 0 saturated heterocycles. The molecule has 2 aromatic carbocycles. The van der Waals surface area contributed by atoms with Gasteiger partial charge in [-0.3, -0.25) is 4.79 Å². The van der Waals surface area contributed by atoms with Crippen LogP contribution in [0.5, 0.6) is 0 Å². The summed E-state index contributed by atoms with van der Waals surface area (Å²) in [5.74, 6) is -2.26. The monoisotopic (exact) mass is 291 g/mol. The fourth-order valence-electron chi connectivity index (χ4n) is 2.60. The second-order valence-corrected chi connectivity index (χ2v) is 4.96. The van der Waals surface area contributed by atoms with Gasteiger partial charge in [0.05, 0.1) is 5.69 Å². The van der Waals surface area contributed by atoms with Crippen molar-refractivity contribution in [1.82, 2.24) is 0 Å². The molecule has 0 unspecified atom stereocenters. The number of rotatable bonds is 1. The zero-order valence-electron chi connectivity index (χ0n) is 11.1. The molecule has 5 heteroatoms. The maximum atomic E-state index is 14.0. The van der Waals surface area contributed by atoms with Crippen LogP contribution >= 0.6 is 0 Å². The molecule has 0 radical (unpaired) electrons. The lowest BCUT2D eigenvalue weighted by Crippen LogP contribution is -2.36. The molecule has 0 aromatic heterocycles. The van der Waals surface area contributed by atoms with Crippen LogP contribution in [-0.2, 0) is 6.42 Å². The highest BCUT2D eigenvalue weighted by molar-refractivity contribution is 6.06. The number of hydrogen-bond acceptors (Lipinski definition) is 1. The molecule has 108 valence electrons. The fourth-order valence-corrected chi connectivity index (χ4v) is 2.60. The first-order valence-corrected chi connectivity index (χ1v) is 6.61. The summed E-state index contributed by atoms with van der Waals surface area (Å²) < 4.78 is 40.2. The van der Waals surface area contributed by atoms with E-state index in [1.54, 1.807) is 0 Å². The van der Waals surface area contributed by atoms with Gasteiger partial charge in [-0.25, -0.2) is 13.2 Å². The lowest BCUT2D eigenvalue weighted by atomic mass is 10.00. The van der Waals surface area contributed by atoms with Crippen molar-refractivity contribution in [2.45, 2.75) is 12.8 Å². The van der Waals surface area contributed by atoms with Gasteiger partial charge in [-0.2, -0.15) is 0 Å². The molecule has 2 aromatic rings. The maximum absolute atomic E-state index is 14.0. The summed E-state index contributed by atoms with van der Waals surface area (Å²) in [6, 6.07) is 7.09. The summed E-state index contributed by atoms with van der Waals surface area (Å²) >= 11 is 0. The van der Waals surface area contributed by atoms with Gasteiger partial charge in [0, 0.05) is 18.2 Å². The van der Waals surface area contributed by atoms with E-state index in [-0.39, 0.29) is 11.3 Å². The van der Waals surface area contributed by atoms with Crippen molar-refractivity contribution in [2.24, 2.45) is 0 Å². The fraction of sp³-hybridized carbons (Fsp3) is 0.188. The Bertz CT molecular complexity index is 697. The number of aryl methyl sites for hydroxylation is 1. The maximum Gasteiger partial charge on any atom is 0.258 e. The van der Waals surface area contributed by atoms with E-state index < -0.39 is 23.4 Å². The summed E-state index contributed by atoms with van der Waals surface area (Å²) in [4.78, 5) is 13.7. The van der Waals surface area contributed by atoms with Gasteiger partial charge in [-0.15, -0.1) is 0 Å². The summed E-state index contributed by atoms with van der Waals surface area (Å²) in [5, 5.41) is 0. The minimum absolute atomic E-state index is 0.122. The molecule has 3 rings (SSSR count). The first kappa shape index (κ1) is 13.7. The third kappa shape index (κ3) is 2.51. The smallest absolute Gasteiger partial charge is 0.258 e. The normalized spacial score (nSPS) is 14.0. The zero-order valence-corrected chi connectivity index (χ0v) is 11.1. The number of benzene rings is 2. The van der Waals surface area contributed by atoms with Gasteiger partial charge in [0.25, 0.3) is 5.91 Å². The van der Waals surface area contributed by atoms with Crippen molar-refractivity contribution >= 4 is 11.6 Å². The summed E-state index contributed by atoms with van der Waals surface area (Å²) in [6.07, 6.45) is 1.15. The first-order chi connectivity index (χ1) is 10.1. The van der Waals surface area contributed by atoms with E-state index >= 15 is 0 Å². The van der Waals surface area contributed by atoms with Gasteiger partial charge in [0.2, 0.25) is 0 Å². The Hall–Kier alpha value is -2.30. The van der Waals surface area contributed by atoms with Crippen LogP contribution in [0.3, 0.4) is 0 Å². The van der Waals surface area contributed by atoms with Crippen LogP contribution < -0.4 is 4.90 Å². The van der Waals surface area contributed by atoms with E-state index in [0.717, 1.165) is 6.07 Å². The van der Waals surface area contributed by atoms with Gasteiger partial charge in [-0.05, 0) is 48.7 Å². The number of carbonyl (C=O) groups is 1. The van der Waals surface area contributed by atoms with Crippen LogP contribution in [0.2, 0.25) is 0 Å². The molecule has 0 saturated carbocycles. The first-order valence-electron chi connectivity index (χ1n) is 6.61. The standard InChI is InChI=1S/C16H12F3NO/c17-12-5-3-10(4-6-12)16(21)20-7-1-2-11-8-13(18)9-14(19)15(11)20/h3-6,8-9H,1-2,7H2. The third-order valence-corrected chi connectivity index (χ3v) is 3.54. The van der Waals surface area contributed by atoms with E-state index in [4.69, 9.17) is 0 Å². The number of anilines is 1. The van der Waals surface area contributed by atoms with Gasteiger partial charge in [0.15, 0.2) is 0 Å². The topological polar surface area (TPSA) is 20.3 Å². The van der Waals surface area contributed by atoms with Crippen LogP contribution in [0.25, 0.3) is 0 Å². The predicted octanol–water partition coefficient (Wildman–Crippen LogP) is 3.70. The molecule has 2 nitrogen and oxygen atoms in total. The second-order valence-electron chi connectivity index (χ2n) is 4.96. The van der Waals surface area contributed by atoms with E-state index in [1.807, 2.05) is 0 Å². The van der Waals surface area contributed by atoms with Gasteiger partial charge in [-0.1, -0.05) is 0 Å². The Labute approximate surface area is 119 Å². The Morgan fingerprint density at radius 3 is 2.43 bits per heavy atom. The molecule has 0 atom stereocenters. The average Bonchev–Trinajstić information content (AvgIpc) is 2.46. The molecule has 0 fully saturated rings. The molecule has 0 spiro atoms. The molecular weight excluding hydrogens is 279 g/mol. The molecular formula is C16H12F3NO. The van der Waals surface area contributed by atoms with Crippen molar-refractivity contribution in [1.29, 1.82) is 0 Å². The Morgan fingerprint density at radius 2 is 1.71 bits per heavy atom. The Morgan fingerprint density at radius 1 is 1.00 bits per heavy atom. The molecule has 21 heavy (non-hydrogen) atoms. The molecule has 0 bridgehead atoms. The molecule has 0 N–H and O–H groups in total. The lowest BCUT2D eigenvalue weighted by molar-refractivity contribution is 0.0984. The van der Waals surface area contributed by atoms with Crippen molar-refractivity contribution < 1.29 is 18.0 Å². The van der Waals surface area contributed by atoms with Gasteiger partial charge < -0.3 is 4.90 Å². The molecule has 0 aliphatic carbocycles. The van der Waals surface area contributed by atoms with E-state index in [1.165, 1.54) is 35.2 Å². The highest BCUT2D eigenvalue weighted by Gasteiger charge is 2.27. The van der Waals surface area contributed by atoms with Crippen molar-refractivity contribution in [3.8, 4) is 0 Å². The SMILES string of the molecule is O=C(c1ccc(F)cc1)N1CCCc2cc(F)cc(F)c21. The minimum atomic E-state index is -0.750. The summed E-state index contributed by atoms with van der Waals surface area (Å²) in [6.45, 7) is 0.353. The summed E-state index contributed by atoms with van der Waals surface area (Å²) in [7, 11) is 0. The number of hydrogen-bond donors (Lipinski definition) is 0. The van der Waals surface area contributed by atoms with Crippen LogP contribution in [0.1, 0.15) is 22.3 Å². The number of carbonyl (C=O) groups excluding carboxylic acids is 1. The molecule has 1 aliphatic rings. The Kier molecular flexibility index (Phi) is 3.41. The third-order valence-electron chi connectivity index (χ3n) is 3.54. The highest BCUT2D eigenvalue weighted by Crippen LogP contribution is 2.32. The average molecular weight is 291 g/mol. The molecule has 1 aliphatic heterocycles. The predicted molar refractivity (Wildman–Crippen MR) is 72.8 cm³/mol. The van der Waals surface area contributed by atoms with Crippen LogP contribution in [0.15, 0.2) is 36.4 Å². The van der Waals surface area contributed by atoms with E-state index in [9.17, 15) is 18.0 Å². The zero-order chi connectivity index (χ0) is 15.0. The lowest BCUT2D eigenvalue weighted by Gasteiger charge is -2.30. The van der Waals surface area contributed by atoms with Crippen molar-refractivity contribution in [3.63, 3.8) is 0 Å². The number of amides is 1. The van der Waals surface area contributed by atoms with Crippen molar-refractivity contribution in [3.05, 3.63) is 65.0 Å². The van der Waals surface area contributed by atoms with Crippen molar-refractivity contribution in [2.75, 3.05) is 11.4 Å².